The van der Waals surface area contributed by atoms with E-state index in [1.165, 1.54) is 0 Å². The molecule has 184 valence electrons. The van der Waals surface area contributed by atoms with Gasteiger partial charge in [0.15, 0.2) is 5.82 Å². The molecule has 0 bridgehead atoms. The lowest BCUT2D eigenvalue weighted by Gasteiger charge is -2.32. The van der Waals surface area contributed by atoms with Gasteiger partial charge >= 0.3 is 12.4 Å². The normalized spacial score (nSPS) is 16.7. The number of nitrogens with one attached hydrogen (secondary N) is 1. The van der Waals surface area contributed by atoms with Crippen LogP contribution in [0.5, 0.6) is 0 Å². The van der Waals surface area contributed by atoms with Gasteiger partial charge in [0.2, 0.25) is 5.91 Å². The van der Waals surface area contributed by atoms with Crippen molar-refractivity contribution in [2.75, 3.05) is 23.3 Å². The van der Waals surface area contributed by atoms with Gasteiger partial charge in [-0.25, -0.2) is 0 Å². The zero-order valence-corrected chi connectivity index (χ0v) is 18.1. The molecule has 1 saturated heterocycles. The lowest BCUT2D eigenvalue weighted by molar-refractivity contribution is -0.143. The smallest absolute Gasteiger partial charge is 0.354 e. The van der Waals surface area contributed by atoms with Crippen molar-refractivity contribution in [3.8, 4) is 11.3 Å². The minimum absolute atomic E-state index is 0.0197. The Hall–Kier alpha value is -3.70. The molecule has 1 atom stereocenters. The maximum atomic E-state index is 13.1. The Labute approximate surface area is 196 Å². The first-order valence-electron chi connectivity index (χ1n) is 10.6. The number of benzene rings is 1. The Balaban J connectivity index is 1.48. The fourth-order valence-electron chi connectivity index (χ4n) is 3.83. The number of rotatable bonds is 4. The van der Waals surface area contributed by atoms with Crippen LogP contribution in [0.3, 0.4) is 0 Å². The van der Waals surface area contributed by atoms with Gasteiger partial charge in [0.1, 0.15) is 0 Å². The summed E-state index contributed by atoms with van der Waals surface area (Å²) in [4.78, 5) is 18.6. The molecule has 1 aliphatic heterocycles. The minimum atomic E-state index is -5.00. The van der Waals surface area contributed by atoms with E-state index in [1.54, 1.807) is 35.5 Å². The summed E-state index contributed by atoms with van der Waals surface area (Å²) in [6.45, 7) is 0.768. The van der Waals surface area contributed by atoms with Gasteiger partial charge in [0.05, 0.1) is 22.7 Å². The van der Waals surface area contributed by atoms with Gasteiger partial charge in [0, 0.05) is 36.7 Å². The molecule has 3 heterocycles. The van der Waals surface area contributed by atoms with Gasteiger partial charge in [0.25, 0.3) is 0 Å². The lowest BCUT2D eigenvalue weighted by Crippen LogP contribution is -2.41. The van der Waals surface area contributed by atoms with E-state index in [0.717, 1.165) is 5.56 Å². The molecule has 1 N–H and O–H groups in total. The molecule has 0 spiro atoms. The number of hydrogen-bond acceptors (Lipinski definition) is 5. The number of carbonyl (C=O) groups excluding carboxylic acids is 1. The fraction of sp³-hybridized carbons (Fsp3) is 0.304. The second-order valence-corrected chi connectivity index (χ2v) is 8.09. The number of anilines is 2. The standard InChI is InChI=1S/C23H19F6N5O/c24-22(25,26)16-9-17(23(27,28)29)11-18(10-16)31-21(35)15-4-2-8-34(13-15)20-6-5-19(32-33-20)14-3-1-7-30-12-14/h1,3,5-7,9-12,15H,2,4,8,13H2,(H,31,35). The van der Waals surface area contributed by atoms with Crippen molar-refractivity contribution in [1.29, 1.82) is 0 Å². The molecule has 0 saturated carbocycles. The van der Waals surface area contributed by atoms with E-state index >= 15 is 0 Å². The Bertz CT molecular complexity index is 1150. The van der Waals surface area contributed by atoms with E-state index in [9.17, 15) is 31.1 Å². The zero-order chi connectivity index (χ0) is 25.2. The third-order valence-corrected chi connectivity index (χ3v) is 5.58. The summed E-state index contributed by atoms with van der Waals surface area (Å²) in [5.41, 5.74) is -2.15. The van der Waals surface area contributed by atoms with Crippen molar-refractivity contribution in [3.63, 3.8) is 0 Å². The fourth-order valence-corrected chi connectivity index (χ4v) is 3.83. The summed E-state index contributed by atoms with van der Waals surface area (Å²) in [7, 11) is 0. The van der Waals surface area contributed by atoms with Crippen molar-refractivity contribution in [2.45, 2.75) is 25.2 Å². The van der Waals surface area contributed by atoms with Crippen LogP contribution in [-0.4, -0.2) is 34.2 Å². The van der Waals surface area contributed by atoms with Crippen LogP contribution in [-0.2, 0) is 17.1 Å². The van der Waals surface area contributed by atoms with E-state index in [4.69, 9.17) is 0 Å². The van der Waals surface area contributed by atoms with Crippen LogP contribution in [0.4, 0.5) is 37.8 Å². The van der Waals surface area contributed by atoms with E-state index in [1.807, 2.05) is 6.07 Å². The molecule has 0 aliphatic carbocycles. The highest BCUT2D eigenvalue weighted by Crippen LogP contribution is 2.37. The minimum Gasteiger partial charge on any atom is -0.354 e. The van der Waals surface area contributed by atoms with Crippen LogP contribution >= 0.6 is 0 Å². The Morgan fingerprint density at radius 3 is 2.26 bits per heavy atom. The molecule has 1 fully saturated rings. The maximum absolute atomic E-state index is 13.1. The van der Waals surface area contributed by atoms with Crippen molar-refractivity contribution >= 4 is 17.4 Å². The first-order valence-corrected chi connectivity index (χ1v) is 10.6. The number of hydrogen-bond donors (Lipinski definition) is 1. The molecule has 12 heteroatoms. The zero-order valence-electron chi connectivity index (χ0n) is 18.1. The van der Waals surface area contributed by atoms with Gasteiger partial charge in [-0.3, -0.25) is 9.78 Å². The molecular formula is C23H19F6N5O. The molecular weight excluding hydrogens is 476 g/mol. The quantitative estimate of drug-likeness (QED) is 0.489. The molecule has 6 nitrogen and oxygen atoms in total. The number of piperidine rings is 1. The third-order valence-electron chi connectivity index (χ3n) is 5.58. The van der Waals surface area contributed by atoms with E-state index in [0.29, 0.717) is 43.0 Å². The van der Waals surface area contributed by atoms with Gasteiger partial charge in [-0.1, -0.05) is 0 Å². The monoisotopic (exact) mass is 495 g/mol. The molecule has 1 aromatic carbocycles. The topological polar surface area (TPSA) is 71.0 Å². The van der Waals surface area contributed by atoms with Crippen LogP contribution < -0.4 is 10.2 Å². The van der Waals surface area contributed by atoms with Crippen molar-refractivity contribution in [3.05, 3.63) is 66.0 Å². The molecule has 0 radical (unpaired) electrons. The number of pyridine rings is 1. The molecule has 4 rings (SSSR count). The molecule has 1 unspecified atom stereocenters. The average molecular weight is 495 g/mol. The Morgan fingerprint density at radius 1 is 0.971 bits per heavy atom. The summed E-state index contributed by atoms with van der Waals surface area (Å²) in [6, 6.07) is 8.09. The third kappa shape index (κ3) is 5.87. The van der Waals surface area contributed by atoms with Gasteiger partial charge in [-0.15, -0.1) is 10.2 Å². The van der Waals surface area contributed by atoms with Gasteiger partial charge in [-0.2, -0.15) is 26.3 Å². The first kappa shape index (κ1) is 24.4. The second-order valence-electron chi connectivity index (χ2n) is 8.09. The van der Waals surface area contributed by atoms with Crippen LogP contribution in [0.25, 0.3) is 11.3 Å². The maximum Gasteiger partial charge on any atom is 0.416 e. The van der Waals surface area contributed by atoms with Gasteiger partial charge in [-0.05, 0) is 55.3 Å². The number of nitrogens with zero attached hydrogens (tertiary/aromatic N) is 4. The Morgan fingerprint density at radius 2 is 1.69 bits per heavy atom. The van der Waals surface area contributed by atoms with E-state index in [2.05, 4.69) is 20.5 Å². The van der Waals surface area contributed by atoms with Crippen LogP contribution in [0.2, 0.25) is 0 Å². The molecule has 1 aliphatic rings. The van der Waals surface area contributed by atoms with Gasteiger partial charge < -0.3 is 10.2 Å². The number of halogens is 6. The number of carbonyl (C=O) groups is 1. The van der Waals surface area contributed by atoms with Crippen LogP contribution in [0.1, 0.15) is 24.0 Å². The summed E-state index contributed by atoms with van der Waals surface area (Å²) in [6.07, 6.45) is -5.71. The average Bonchev–Trinajstić information content (AvgIpc) is 2.83. The summed E-state index contributed by atoms with van der Waals surface area (Å²) in [5, 5.41) is 10.6. The molecule has 2 aromatic heterocycles. The lowest BCUT2D eigenvalue weighted by atomic mass is 9.96. The predicted molar refractivity (Wildman–Crippen MR) is 115 cm³/mol. The van der Waals surface area contributed by atoms with E-state index < -0.39 is 41.0 Å². The SMILES string of the molecule is O=C(Nc1cc(C(F)(F)F)cc(C(F)(F)F)c1)C1CCCN(c2ccc(-c3cccnc3)nn2)C1. The highest BCUT2D eigenvalue weighted by molar-refractivity contribution is 5.93. The summed E-state index contributed by atoms with van der Waals surface area (Å²) >= 11 is 0. The van der Waals surface area contributed by atoms with Crippen LogP contribution in [0, 0.1) is 5.92 Å². The number of aromatic nitrogens is 3. The highest BCUT2D eigenvalue weighted by atomic mass is 19.4. The van der Waals surface area contributed by atoms with E-state index in [-0.39, 0.29) is 12.6 Å². The van der Waals surface area contributed by atoms with Crippen LogP contribution in [0.15, 0.2) is 54.9 Å². The summed E-state index contributed by atoms with van der Waals surface area (Å²) in [5.74, 6) is -0.817. The number of amides is 1. The van der Waals surface area contributed by atoms with Crippen molar-refractivity contribution in [2.24, 2.45) is 5.92 Å². The Kier molecular flexibility index (Phi) is 6.64. The van der Waals surface area contributed by atoms with Crippen molar-refractivity contribution < 1.29 is 31.1 Å². The van der Waals surface area contributed by atoms with Crippen molar-refractivity contribution in [1.82, 2.24) is 15.2 Å². The summed E-state index contributed by atoms with van der Waals surface area (Å²) < 4.78 is 78.6. The number of alkyl halides is 6. The first-order chi connectivity index (χ1) is 16.5. The molecule has 35 heavy (non-hydrogen) atoms. The second kappa shape index (κ2) is 9.51. The molecule has 3 aromatic rings. The molecule has 1 amide bonds. The highest BCUT2D eigenvalue weighted by Gasteiger charge is 2.37. The predicted octanol–water partition coefficient (Wildman–Crippen LogP) is 5.43. The largest absolute Gasteiger partial charge is 0.416 e.